The van der Waals surface area contributed by atoms with Crippen molar-refractivity contribution < 1.29 is 27.8 Å². The first-order chi connectivity index (χ1) is 11.6. The van der Waals surface area contributed by atoms with Crippen molar-refractivity contribution in [3.8, 4) is 11.5 Å². The molecule has 0 bridgehead atoms. The van der Waals surface area contributed by atoms with Gasteiger partial charge in [-0.15, -0.1) is 8.78 Å². The van der Waals surface area contributed by atoms with E-state index in [1.54, 1.807) is 17.0 Å². The number of fused-ring (bicyclic) bond motifs is 1. The van der Waals surface area contributed by atoms with Gasteiger partial charge in [-0.2, -0.15) is 0 Å². The summed E-state index contributed by atoms with van der Waals surface area (Å²) in [6, 6.07) is 4.79. The number of hydrogen-bond acceptors (Lipinski definition) is 5. The van der Waals surface area contributed by atoms with Crippen LogP contribution in [0, 0.1) is 0 Å². The Morgan fingerprint density at radius 1 is 1.16 bits per heavy atom. The monoisotopic (exact) mass is 356 g/mol. The maximum Gasteiger partial charge on any atom is 0.586 e. The van der Waals surface area contributed by atoms with Crippen LogP contribution in [-0.4, -0.2) is 54.0 Å². The molecule has 0 unspecified atom stereocenters. The number of nitrogens with zero attached hydrogens (tertiary/aromatic N) is 2. The molecule has 0 saturated carbocycles. The third-order valence-corrected chi connectivity index (χ3v) is 3.90. The first kappa shape index (κ1) is 17.7. The van der Waals surface area contributed by atoms with Gasteiger partial charge in [-0.25, -0.2) is 4.79 Å². The standard InChI is InChI=1S/C17H22F2N2O4/c1-16(2,3)25-15(22)21-8-6-20(7-9-21)11-12-4-5-13-14(10-12)24-17(18,19)23-13/h4-5,10H,6-9,11H2,1-3H3. The minimum Gasteiger partial charge on any atom is -0.444 e. The summed E-state index contributed by atoms with van der Waals surface area (Å²) < 4.78 is 40.4. The molecular weight excluding hydrogens is 334 g/mol. The second kappa shape index (κ2) is 6.33. The Kier molecular flexibility index (Phi) is 4.49. The molecule has 25 heavy (non-hydrogen) atoms. The summed E-state index contributed by atoms with van der Waals surface area (Å²) in [7, 11) is 0. The molecule has 1 aromatic carbocycles. The molecule has 1 aromatic rings. The van der Waals surface area contributed by atoms with Gasteiger partial charge in [0.15, 0.2) is 11.5 Å². The van der Waals surface area contributed by atoms with Crippen LogP contribution >= 0.6 is 0 Å². The van der Waals surface area contributed by atoms with Crippen molar-refractivity contribution in [2.75, 3.05) is 26.2 Å². The predicted molar refractivity (Wildman–Crippen MR) is 85.7 cm³/mol. The van der Waals surface area contributed by atoms with Crippen LogP contribution in [0.4, 0.5) is 13.6 Å². The molecule has 1 saturated heterocycles. The van der Waals surface area contributed by atoms with Crippen LogP contribution in [0.25, 0.3) is 0 Å². The molecule has 2 heterocycles. The summed E-state index contributed by atoms with van der Waals surface area (Å²) in [6.07, 6.45) is -3.91. The summed E-state index contributed by atoms with van der Waals surface area (Å²) >= 11 is 0. The average molecular weight is 356 g/mol. The topological polar surface area (TPSA) is 51.2 Å². The number of carbonyl (C=O) groups excluding carboxylic acids is 1. The molecule has 0 radical (unpaired) electrons. The van der Waals surface area contributed by atoms with Crippen molar-refractivity contribution in [1.29, 1.82) is 0 Å². The predicted octanol–water partition coefficient (Wildman–Crippen LogP) is 3.06. The van der Waals surface area contributed by atoms with Gasteiger partial charge in [-0.3, -0.25) is 4.90 Å². The van der Waals surface area contributed by atoms with E-state index in [0.717, 1.165) is 5.56 Å². The number of rotatable bonds is 2. The number of carbonyl (C=O) groups is 1. The Hall–Kier alpha value is -2.09. The fraction of sp³-hybridized carbons (Fsp3) is 0.588. The highest BCUT2D eigenvalue weighted by molar-refractivity contribution is 5.68. The first-order valence-corrected chi connectivity index (χ1v) is 8.20. The molecule has 0 aromatic heterocycles. The molecular formula is C17H22F2N2O4. The van der Waals surface area contributed by atoms with Crippen molar-refractivity contribution in [2.24, 2.45) is 0 Å². The summed E-state index contributed by atoms with van der Waals surface area (Å²) in [5.74, 6) is 0.0957. The second-order valence-electron chi connectivity index (χ2n) is 7.19. The van der Waals surface area contributed by atoms with E-state index < -0.39 is 11.9 Å². The number of ether oxygens (including phenoxy) is 3. The largest absolute Gasteiger partial charge is 0.586 e. The quantitative estimate of drug-likeness (QED) is 0.815. The van der Waals surface area contributed by atoms with Crippen LogP contribution in [0.5, 0.6) is 11.5 Å². The summed E-state index contributed by atoms with van der Waals surface area (Å²) in [6.45, 7) is 8.60. The molecule has 8 heteroatoms. The highest BCUT2D eigenvalue weighted by atomic mass is 19.3. The molecule has 0 N–H and O–H groups in total. The molecule has 2 aliphatic heterocycles. The van der Waals surface area contributed by atoms with E-state index in [2.05, 4.69) is 14.4 Å². The number of halogens is 2. The second-order valence-corrected chi connectivity index (χ2v) is 7.19. The summed E-state index contributed by atoms with van der Waals surface area (Å²) in [4.78, 5) is 15.9. The van der Waals surface area contributed by atoms with Crippen LogP contribution in [0.3, 0.4) is 0 Å². The number of alkyl halides is 2. The SMILES string of the molecule is CC(C)(C)OC(=O)N1CCN(Cc2ccc3c(c2)OC(F)(F)O3)CC1. The zero-order valence-corrected chi connectivity index (χ0v) is 14.6. The van der Waals surface area contributed by atoms with Crippen LogP contribution in [0.15, 0.2) is 18.2 Å². The third kappa shape index (κ3) is 4.50. The van der Waals surface area contributed by atoms with Crippen molar-refractivity contribution >= 4 is 6.09 Å². The van der Waals surface area contributed by atoms with E-state index >= 15 is 0 Å². The summed E-state index contributed by atoms with van der Waals surface area (Å²) in [5, 5.41) is 0. The van der Waals surface area contributed by atoms with Crippen molar-refractivity contribution in [2.45, 2.75) is 39.2 Å². The lowest BCUT2D eigenvalue weighted by Gasteiger charge is -2.35. The van der Waals surface area contributed by atoms with E-state index in [-0.39, 0.29) is 17.6 Å². The van der Waals surface area contributed by atoms with Gasteiger partial charge < -0.3 is 19.1 Å². The first-order valence-electron chi connectivity index (χ1n) is 8.20. The molecule has 3 rings (SSSR count). The van der Waals surface area contributed by atoms with Gasteiger partial charge in [0.05, 0.1) is 0 Å². The van der Waals surface area contributed by atoms with E-state index in [9.17, 15) is 13.6 Å². The molecule has 0 atom stereocenters. The Bertz CT molecular complexity index is 653. The van der Waals surface area contributed by atoms with E-state index in [0.29, 0.717) is 32.7 Å². The Morgan fingerprint density at radius 2 is 1.80 bits per heavy atom. The minimum atomic E-state index is -3.60. The lowest BCUT2D eigenvalue weighted by atomic mass is 10.1. The Labute approximate surface area is 145 Å². The van der Waals surface area contributed by atoms with Gasteiger partial charge in [0.1, 0.15) is 5.60 Å². The highest BCUT2D eigenvalue weighted by Crippen LogP contribution is 2.41. The van der Waals surface area contributed by atoms with Crippen molar-refractivity contribution in [3.05, 3.63) is 23.8 Å². The third-order valence-electron chi connectivity index (χ3n) is 3.90. The molecule has 1 fully saturated rings. The van der Waals surface area contributed by atoms with E-state index in [1.165, 1.54) is 6.07 Å². The molecule has 6 nitrogen and oxygen atoms in total. The lowest BCUT2D eigenvalue weighted by Crippen LogP contribution is -2.49. The lowest BCUT2D eigenvalue weighted by molar-refractivity contribution is -0.286. The van der Waals surface area contributed by atoms with Crippen molar-refractivity contribution in [3.63, 3.8) is 0 Å². The molecule has 1 amide bonds. The number of benzene rings is 1. The fourth-order valence-corrected chi connectivity index (χ4v) is 2.76. The van der Waals surface area contributed by atoms with E-state index in [1.807, 2.05) is 20.8 Å². The highest BCUT2D eigenvalue weighted by Gasteiger charge is 2.43. The summed E-state index contributed by atoms with van der Waals surface area (Å²) in [5.41, 5.74) is 0.341. The number of hydrogen-bond donors (Lipinski definition) is 0. The van der Waals surface area contributed by atoms with Gasteiger partial charge in [0.2, 0.25) is 0 Å². The molecule has 0 spiro atoms. The Balaban J connectivity index is 1.53. The van der Waals surface area contributed by atoms with Gasteiger partial charge in [-0.1, -0.05) is 6.07 Å². The van der Waals surface area contributed by atoms with Crippen LogP contribution < -0.4 is 9.47 Å². The van der Waals surface area contributed by atoms with Gasteiger partial charge >= 0.3 is 12.4 Å². The van der Waals surface area contributed by atoms with Gasteiger partial charge in [0.25, 0.3) is 0 Å². The smallest absolute Gasteiger partial charge is 0.444 e. The molecule has 2 aliphatic rings. The van der Waals surface area contributed by atoms with Crippen molar-refractivity contribution in [1.82, 2.24) is 9.80 Å². The van der Waals surface area contributed by atoms with Gasteiger partial charge in [-0.05, 0) is 38.5 Å². The zero-order valence-electron chi connectivity index (χ0n) is 14.6. The fourth-order valence-electron chi connectivity index (χ4n) is 2.76. The average Bonchev–Trinajstić information content (AvgIpc) is 2.79. The maximum atomic E-state index is 13.1. The van der Waals surface area contributed by atoms with Gasteiger partial charge in [0, 0.05) is 32.7 Å². The van der Waals surface area contributed by atoms with Crippen LogP contribution in [0.2, 0.25) is 0 Å². The normalized spacial score (nSPS) is 19.8. The van der Waals surface area contributed by atoms with Crippen LogP contribution in [0.1, 0.15) is 26.3 Å². The van der Waals surface area contributed by atoms with E-state index in [4.69, 9.17) is 4.74 Å². The number of amides is 1. The minimum absolute atomic E-state index is 0.0449. The Morgan fingerprint density at radius 3 is 2.44 bits per heavy atom. The van der Waals surface area contributed by atoms with Crippen LogP contribution in [-0.2, 0) is 11.3 Å². The molecule has 0 aliphatic carbocycles. The molecule has 138 valence electrons. The maximum absolute atomic E-state index is 13.1. The number of piperazine rings is 1. The zero-order chi connectivity index (χ0) is 18.2.